The van der Waals surface area contributed by atoms with Crippen molar-refractivity contribution < 1.29 is 8.42 Å². The van der Waals surface area contributed by atoms with Crippen LogP contribution in [-0.4, -0.2) is 48.8 Å². The Morgan fingerprint density at radius 3 is 3.00 bits per heavy atom. The Hall–Kier alpha value is -0.790. The van der Waals surface area contributed by atoms with Gasteiger partial charge in [0.25, 0.3) is 0 Å². The highest BCUT2D eigenvalue weighted by molar-refractivity contribution is 7.99. The minimum Gasteiger partial charge on any atom is -0.370 e. The van der Waals surface area contributed by atoms with Crippen molar-refractivity contribution in [2.75, 3.05) is 30.4 Å². The van der Waals surface area contributed by atoms with Gasteiger partial charge in [-0.25, -0.2) is 13.4 Å². The molecule has 1 fully saturated rings. The standard InChI is InChI=1S/C13H21N3O2S2/c1-3-6-14-13-9-12(4-7-15-13)20(17,18)16(2)11-5-8-19-10-11/h4,7,9,11H,3,5-6,8,10H2,1-2H3,(H,14,15). The number of thioether (sulfide) groups is 1. The van der Waals surface area contributed by atoms with Crippen LogP contribution in [0.1, 0.15) is 19.8 Å². The van der Waals surface area contributed by atoms with Crippen LogP contribution in [0.25, 0.3) is 0 Å². The first-order valence-electron chi connectivity index (χ1n) is 6.81. The van der Waals surface area contributed by atoms with Crippen molar-refractivity contribution in [1.82, 2.24) is 9.29 Å². The van der Waals surface area contributed by atoms with Crippen LogP contribution >= 0.6 is 11.8 Å². The molecule has 1 aliphatic heterocycles. The van der Waals surface area contributed by atoms with E-state index in [9.17, 15) is 8.42 Å². The Morgan fingerprint density at radius 1 is 1.55 bits per heavy atom. The predicted molar refractivity (Wildman–Crippen MR) is 83.7 cm³/mol. The van der Waals surface area contributed by atoms with Gasteiger partial charge >= 0.3 is 0 Å². The smallest absolute Gasteiger partial charge is 0.243 e. The van der Waals surface area contributed by atoms with E-state index in [0.717, 1.165) is 30.9 Å². The molecule has 2 heterocycles. The van der Waals surface area contributed by atoms with Crippen LogP contribution in [0.5, 0.6) is 0 Å². The molecule has 0 saturated carbocycles. The average Bonchev–Trinajstić information content (AvgIpc) is 2.98. The Kier molecular flexibility index (Phi) is 5.29. The van der Waals surface area contributed by atoms with Gasteiger partial charge in [-0.15, -0.1) is 0 Å². The summed E-state index contributed by atoms with van der Waals surface area (Å²) < 4.78 is 26.7. The number of pyridine rings is 1. The summed E-state index contributed by atoms with van der Waals surface area (Å²) in [4.78, 5) is 4.46. The molecule has 1 aliphatic rings. The highest BCUT2D eigenvalue weighted by Gasteiger charge is 2.30. The normalized spacial score (nSPS) is 19.4. The van der Waals surface area contributed by atoms with E-state index in [1.807, 2.05) is 0 Å². The van der Waals surface area contributed by atoms with Gasteiger partial charge < -0.3 is 5.32 Å². The molecule has 1 atom stereocenters. The molecule has 20 heavy (non-hydrogen) atoms. The van der Waals surface area contributed by atoms with Gasteiger partial charge in [0, 0.05) is 37.7 Å². The summed E-state index contributed by atoms with van der Waals surface area (Å²) in [5.74, 6) is 2.52. The topological polar surface area (TPSA) is 62.3 Å². The third-order valence-corrected chi connectivity index (χ3v) is 6.44. The van der Waals surface area contributed by atoms with E-state index in [0.29, 0.717) is 10.7 Å². The average molecular weight is 315 g/mol. The van der Waals surface area contributed by atoms with E-state index in [-0.39, 0.29) is 6.04 Å². The highest BCUT2D eigenvalue weighted by atomic mass is 32.2. The first-order chi connectivity index (χ1) is 9.55. The zero-order valence-corrected chi connectivity index (χ0v) is 13.5. The Morgan fingerprint density at radius 2 is 2.35 bits per heavy atom. The van der Waals surface area contributed by atoms with Gasteiger partial charge in [0.1, 0.15) is 5.82 Å². The van der Waals surface area contributed by atoms with Crippen LogP contribution in [0.4, 0.5) is 5.82 Å². The number of hydrogen-bond donors (Lipinski definition) is 1. The first kappa shape index (κ1) is 15.6. The number of aromatic nitrogens is 1. The third-order valence-electron chi connectivity index (χ3n) is 3.38. The maximum Gasteiger partial charge on any atom is 0.243 e. The van der Waals surface area contributed by atoms with Gasteiger partial charge in [0.2, 0.25) is 10.0 Å². The largest absolute Gasteiger partial charge is 0.370 e. The molecule has 1 unspecified atom stereocenters. The predicted octanol–water partition coefficient (Wildman–Crippen LogP) is 2.03. The second-order valence-electron chi connectivity index (χ2n) is 4.84. The molecule has 7 heteroatoms. The minimum atomic E-state index is -3.43. The van der Waals surface area contributed by atoms with E-state index < -0.39 is 10.0 Å². The molecule has 0 spiro atoms. The SMILES string of the molecule is CCCNc1cc(S(=O)(=O)N(C)C2CCSC2)ccn1. The van der Waals surface area contributed by atoms with Crippen LogP contribution in [-0.2, 0) is 10.0 Å². The van der Waals surface area contributed by atoms with Crippen molar-refractivity contribution in [2.45, 2.75) is 30.7 Å². The molecule has 0 amide bonds. The zero-order chi connectivity index (χ0) is 14.6. The summed E-state index contributed by atoms with van der Waals surface area (Å²) >= 11 is 1.81. The molecular weight excluding hydrogens is 294 g/mol. The fourth-order valence-electron chi connectivity index (χ4n) is 2.09. The Bertz CT molecular complexity index is 542. The molecule has 2 rings (SSSR count). The van der Waals surface area contributed by atoms with E-state index in [4.69, 9.17) is 0 Å². The van der Waals surface area contributed by atoms with Crippen molar-refractivity contribution in [3.63, 3.8) is 0 Å². The lowest BCUT2D eigenvalue weighted by Crippen LogP contribution is -2.37. The van der Waals surface area contributed by atoms with Crippen molar-refractivity contribution in [3.05, 3.63) is 18.3 Å². The summed E-state index contributed by atoms with van der Waals surface area (Å²) in [6.45, 7) is 2.84. The lowest BCUT2D eigenvalue weighted by molar-refractivity contribution is 0.394. The van der Waals surface area contributed by atoms with E-state index >= 15 is 0 Å². The Balaban J connectivity index is 2.19. The fraction of sp³-hybridized carbons (Fsp3) is 0.615. The molecule has 0 radical (unpaired) electrons. The molecule has 5 nitrogen and oxygen atoms in total. The lowest BCUT2D eigenvalue weighted by atomic mass is 10.3. The van der Waals surface area contributed by atoms with Gasteiger partial charge in [-0.2, -0.15) is 16.1 Å². The Labute approximate surface area is 125 Å². The minimum absolute atomic E-state index is 0.102. The van der Waals surface area contributed by atoms with Crippen LogP contribution in [0, 0.1) is 0 Å². The molecule has 0 bridgehead atoms. The highest BCUT2D eigenvalue weighted by Crippen LogP contribution is 2.26. The summed E-state index contributed by atoms with van der Waals surface area (Å²) in [5.41, 5.74) is 0. The molecule has 0 aliphatic carbocycles. The van der Waals surface area contributed by atoms with E-state index in [2.05, 4.69) is 17.2 Å². The van der Waals surface area contributed by atoms with Gasteiger partial charge in [-0.05, 0) is 24.7 Å². The monoisotopic (exact) mass is 315 g/mol. The van der Waals surface area contributed by atoms with Crippen LogP contribution < -0.4 is 5.32 Å². The van der Waals surface area contributed by atoms with E-state index in [1.54, 1.807) is 37.1 Å². The van der Waals surface area contributed by atoms with Crippen LogP contribution in [0.15, 0.2) is 23.2 Å². The number of nitrogens with one attached hydrogen (secondary N) is 1. The molecule has 1 aromatic rings. The zero-order valence-electron chi connectivity index (χ0n) is 11.9. The van der Waals surface area contributed by atoms with Gasteiger partial charge in [0.15, 0.2) is 0 Å². The van der Waals surface area contributed by atoms with Crippen LogP contribution in [0.3, 0.4) is 0 Å². The van der Waals surface area contributed by atoms with Gasteiger partial charge in [0.05, 0.1) is 4.90 Å². The lowest BCUT2D eigenvalue weighted by Gasteiger charge is -2.23. The van der Waals surface area contributed by atoms with Crippen LogP contribution in [0.2, 0.25) is 0 Å². The molecule has 112 valence electrons. The summed E-state index contributed by atoms with van der Waals surface area (Å²) in [6.07, 6.45) is 3.44. The molecule has 1 aromatic heterocycles. The van der Waals surface area contributed by atoms with E-state index in [1.165, 1.54) is 4.31 Å². The number of hydrogen-bond acceptors (Lipinski definition) is 5. The molecule has 1 saturated heterocycles. The van der Waals surface area contributed by atoms with Crippen molar-refractivity contribution >= 4 is 27.6 Å². The summed E-state index contributed by atoms with van der Waals surface area (Å²) in [6, 6.07) is 3.28. The van der Waals surface area contributed by atoms with Crippen molar-refractivity contribution in [1.29, 1.82) is 0 Å². The van der Waals surface area contributed by atoms with Gasteiger partial charge in [-0.1, -0.05) is 6.92 Å². The summed E-state index contributed by atoms with van der Waals surface area (Å²) in [5, 5.41) is 3.12. The number of nitrogens with zero attached hydrogens (tertiary/aromatic N) is 2. The van der Waals surface area contributed by atoms with Gasteiger partial charge in [-0.3, -0.25) is 0 Å². The second-order valence-corrected chi connectivity index (χ2v) is 7.99. The maximum absolute atomic E-state index is 12.6. The summed E-state index contributed by atoms with van der Waals surface area (Å²) in [7, 11) is -1.76. The molecule has 0 aromatic carbocycles. The number of rotatable bonds is 6. The third kappa shape index (κ3) is 3.45. The number of sulfonamides is 1. The fourth-order valence-corrected chi connectivity index (χ4v) is 4.85. The molecule has 1 N–H and O–H groups in total. The van der Waals surface area contributed by atoms with Crippen molar-refractivity contribution in [3.8, 4) is 0 Å². The molecular formula is C13H21N3O2S2. The van der Waals surface area contributed by atoms with Crippen molar-refractivity contribution in [2.24, 2.45) is 0 Å². The maximum atomic E-state index is 12.6. The quantitative estimate of drug-likeness (QED) is 0.870. The second kappa shape index (κ2) is 6.78. The number of anilines is 1. The first-order valence-corrected chi connectivity index (χ1v) is 9.41.